The van der Waals surface area contributed by atoms with Gasteiger partial charge in [-0.3, -0.25) is 10.1 Å². The summed E-state index contributed by atoms with van der Waals surface area (Å²) in [7, 11) is 0. The molecule has 9 heteroatoms. The first kappa shape index (κ1) is 24.0. The van der Waals surface area contributed by atoms with Crippen LogP contribution < -0.4 is 5.73 Å². The van der Waals surface area contributed by atoms with Crippen LogP contribution in [-0.2, 0) is 4.74 Å². The summed E-state index contributed by atoms with van der Waals surface area (Å²) < 4.78 is 4.94. The Bertz CT molecular complexity index is 703. The summed E-state index contributed by atoms with van der Waals surface area (Å²) in [4.78, 5) is 17.1. The van der Waals surface area contributed by atoms with E-state index >= 15 is 0 Å². The number of hydrogen-bond donors (Lipinski definition) is 1. The van der Waals surface area contributed by atoms with E-state index in [2.05, 4.69) is 9.97 Å². The Kier molecular flexibility index (Phi) is 11.5. The van der Waals surface area contributed by atoms with Crippen molar-refractivity contribution in [3.63, 3.8) is 0 Å². The van der Waals surface area contributed by atoms with Crippen molar-refractivity contribution in [2.45, 2.75) is 34.1 Å². The molecule has 0 amide bonds. The first-order valence-corrected chi connectivity index (χ1v) is 8.28. The minimum Gasteiger partial charge on any atom is -0.397 e. The number of nitrogens with two attached hydrogens (primary N) is 1. The lowest BCUT2D eigenvalue weighted by atomic mass is 10.3. The van der Waals surface area contributed by atoms with Crippen LogP contribution in [0.25, 0.3) is 0 Å². The SMILES string of the molecule is C.C1CCOC1.Cc1cc(Cl)ncc1N.Cc1cc(Cl)ncc1[N+](=O)[O-]. The Labute approximate surface area is 163 Å². The van der Waals surface area contributed by atoms with E-state index in [1.807, 2.05) is 6.92 Å². The summed E-state index contributed by atoms with van der Waals surface area (Å²) in [5.41, 5.74) is 7.63. The van der Waals surface area contributed by atoms with Gasteiger partial charge in [-0.2, -0.15) is 0 Å². The number of rotatable bonds is 1. The maximum absolute atomic E-state index is 10.3. The van der Waals surface area contributed by atoms with Crippen LogP contribution in [0, 0.1) is 24.0 Å². The first-order chi connectivity index (χ1) is 11.8. The van der Waals surface area contributed by atoms with Gasteiger partial charge < -0.3 is 10.5 Å². The lowest BCUT2D eigenvalue weighted by Gasteiger charge is -1.96. The third-order valence-corrected chi connectivity index (χ3v) is 3.61. The van der Waals surface area contributed by atoms with E-state index in [0.29, 0.717) is 16.4 Å². The third-order valence-electron chi connectivity index (χ3n) is 3.19. The van der Waals surface area contributed by atoms with Crippen molar-refractivity contribution in [3.8, 4) is 0 Å². The van der Waals surface area contributed by atoms with Crippen molar-refractivity contribution in [2.75, 3.05) is 18.9 Å². The number of hydrogen-bond acceptors (Lipinski definition) is 6. The highest BCUT2D eigenvalue weighted by atomic mass is 35.5. The summed E-state index contributed by atoms with van der Waals surface area (Å²) in [6.07, 6.45) is 5.26. The van der Waals surface area contributed by atoms with E-state index < -0.39 is 4.92 Å². The molecule has 0 aliphatic carbocycles. The molecule has 0 radical (unpaired) electrons. The summed E-state index contributed by atoms with van der Waals surface area (Å²) in [5.74, 6) is 0. The molecule has 1 aliphatic heterocycles. The number of pyridine rings is 2. The molecule has 1 aliphatic rings. The van der Waals surface area contributed by atoms with Crippen LogP contribution in [0.2, 0.25) is 10.3 Å². The summed E-state index contributed by atoms with van der Waals surface area (Å²) in [6, 6.07) is 3.19. The van der Waals surface area contributed by atoms with Crippen molar-refractivity contribution in [1.82, 2.24) is 9.97 Å². The van der Waals surface area contributed by atoms with Gasteiger partial charge in [-0.05, 0) is 44.4 Å². The molecular formula is C17H24Cl2N4O3. The van der Waals surface area contributed by atoms with Gasteiger partial charge in [-0.1, -0.05) is 30.6 Å². The van der Waals surface area contributed by atoms with Crippen LogP contribution >= 0.6 is 23.2 Å². The van der Waals surface area contributed by atoms with Crippen molar-refractivity contribution in [1.29, 1.82) is 0 Å². The predicted octanol–water partition coefficient (Wildman–Crippen LogP) is 5.01. The molecular weight excluding hydrogens is 379 g/mol. The highest BCUT2D eigenvalue weighted by Crippen LogP contribution is 2.18. The maximum atomic E-state index is 10.3. The topological polar surface area (TPSA) is 104 Å². The van der Waals surface area contributed by atoms with E-state index in [1.54, 1.807) is 19.2 Å². The second-order valence-corrected chi connectivity index (χ2v) is 6.01. The normalized spacial score (nSPS) is 12.0. The molecule has 2 aromatic heterocycles. The first-order valence-electron chi connectivity index (χ1n) is 7.53. The third kappa shape index (κ3) is 8.94. The lowest BCUT2D eigenvalue weighted by molar-refractivity contribution is -0.385. The largest absolute Gasteiger partial charge is 0.397 e. The molecule has 0 aromatic carbocycles. The number of ether oxygens (including phenoxy) is 1. The van der Waals surface area contributed by atoms with Crippen molar-refractivity contribution in [2.24, 2.45) is 0 Å². The lowest BCUT2D eigenvalue weighted by Crippen LogP contribution is -1.92. The fourth-order valence-electron chi connectivity index (χ4n) is 1.75. The molecule has 3 rings (SSSR count). The molecule has 2 N–H and O–H groups in total. The van der Waals surface area contributed by atoms with Gasteiger partial charge in [0.25, 0.3) is 5.69 Å². The Balaban J connectivity index is 0.000000375. The molecule has 0 spiro atoms. The molecule has 0 atom stereocenters. The number of halogens is 2. The number of aromatic nitrogens is 2. The molecule has 0 saturated carbocycles. The molecule has 0 unspecified atom stereocenters. The highest BCUT2D eigenvalue weighted by Gasteiger charge is 2.09. The molecule has 1 saturated heterocycles. The van der Waals surface area contributed by atoms with Crippen LogP contribution in [0.5, 0.6) is 0 Å². The Morgan fingerprint density at radius 3 is 1.92 bits per heavy atom. The van der Waals surface area contributed by atoms with E-state index in [-0.39, 0.29) is 18.3 Å². The number of aryl methyl sites for hydroxylation is 2. The number of nitrogens with zero attached hydrogens (tertiary/aromatic N) is 3. The standard InChI is InChI=1S/C6H5ClN2O2.C6H7ClN2.C4H8O.CH4/c1-4-2-6(7)8-3-5(4)9(10)11;1-4-2-6(7)9-3-5(4)8;1-2-4-5-3-1;/h2-3H,1H3;2-3H,8H2,1H3;1-4H2;1H4. The van der Waals surface area contributed by atoms with Gasteiger partial charge in [0.2, 0.25) is 0 Å². The monoisotopic (exact) mass is 402 g/mol. The van der Waals surface area contributed by atoms with Crippen LogP contribution in [0.3, 0.4) is 0 Å². The number of anilines is 1. The van der Waals surface area contributed by atoms with Crippen LogP contribution in [0.1, 0.15) is 31.4 Å². The van der Waals surface area contributed by atoms with Gasteiger partial charge in [-0.15, -0.1) is 0 Å². The van der Waals surface area contributed by atoms with Crippen molar-refractivity contribution in [3.05, 3.63) is 56.1 Å². The minimum atomic E-state index is -0.487. The van der Waals surface area contributed by atoms with Gasteiger partial charge in [0.05, 0.1) is 16.8 Å². The van der Waals surface area contributed by atoms with Gasteiger partial charge in [-0.25, -0.2) is 9.97 Å². The van der Waals surface area contributed by atoms with Gasteiger partial charge in [0, 0.05) is 18.8 Å². The molecule has 26 heavy (non-hydrogen) atoms. The minimum absolute atomic E-state index is 0. The zero-order valence-electron chi connectivity index (χ0n) is 14.0. The zero-order chi connectivity index (χ0) is 18.8. The van der Waals surface area contributed by atoms with Gasteiger partial charge in [0.15, 0.2) is 0 Å². The summed E-state index contributed by atoms with van der Waals surface area (Å²) >= 11 is 11.0. The van der Waals surface area contributed by atoms with Crippen LogP contribution in [0.4, 0.5) is 11.4 Å². The molecule has 1 fully saturated rings. The van der Waals surface area contributed by atoms with Crippen molar-refractivity contribution < 1.29 is 9.66 Å². The smallest absolute Gasteiger partial charge is 0.290 e. The maximum Gasteiger partial charge on any atom is 0.290 e. The average Bonchev–Trinajstić information content (AvgIpc) is 3.11. The van der Waals surface area contributed by atoms with Gasteiger partial charge >= 0.3 is 0 Å². The molecule has 2 aromatic rings. The highest BCUT2D eigenvalue weighted by molar-refractivity contribution is 6.29. The summed E-state index contributed by atoms with van der Waals surface area (Å²) in [6.45, 7) is 5.51. The molecule has 7 nitrogen and oxygen atoms in total. The number of nitro groups is 1. The Morgan fingerprint density at radius 1 is 1.08 bits per heavy atom. The molecule has 3 heterocycles. The zero-order valence-corrected chi connectivity index (χ0v) is 15.5. The average molecular weight is 403 g/mol. The summed E-state index contributed by atoms with van der Waals surface area (Å²) in [5, 5.41) is 11.0. The Morgan fingerprint density at radius 2 is 1.58 bits per heavy atom. The fourth-order valence-corrected chi connectivity index (χ4v) is 2.17. The van der Waals surface area contributed by atoms with E-state index in [9.17, 15) is 10.1 Å². The second kappa shape index (κ2) is 12.4. The number of nitrogen functional groups attached to an aromatic ring is 1. The molecule has 144 valence electrons. The van der Waals surface area contributed by atoms with Crippen LogP contribution in [-0.4, -0.2) is 28.1 Å². The second-order valence-electron chi connectivity index (χ2n) is 5.23. The molecule has 0 bridgehead atoms. The van der Waals surface area contributed by atoms with E-state index in [4.69, 9.17) is 33.7 Å². The van der Waals surface area contributed by atoms with E-state index in [0.717, 1.165) is 25.0 Å². The fraction of sp³-hybridized carbons (Fsp3) is 0.412. The predicted molar refractivity (Wildman–Crippen MR) is 106 cm³/mol. The Hall–Kier alpha value is -1.96. The quantitative estimate of drug-likeness (QED) is 0.408. The van der Waals surface area contributed by atoms with Crippen molar-refractivity contribution >= 4 is 34.6 Å². The van der Waals surface area contributed by atoms with Gasteiger partial charge in [0.1, 0.15) is 16.5 Å². The van der Waals surface area contributed by atoms with Crippen LogP contribution in [0.15, 0.2) is 24.5 Å². The van der Waals surface area contributed by atoms with E-state index in [1.165, 1.54) is 18.9 Å².